The van der Waals surface area contributed by atoms with E-state index in [1.165, 1.54) is 100 Å². The summed E-state index contributed by atoms with van der Waals surface area (Å²) in [6.45, 7) is 16.4. The van der Waals surface area contributed by atoms with Crippen LogP contribution < -0.4 is 26.2 Å². The van der Waals surface area contributed by atoms with Gasteiger partial charge in [-0.05, 0) is 144 Å². The van der Waals surface area contributed by atoms with E-state index < -0.39 is 0 Å². The smallest absolute Gasteiger partial charge is 0.252 e. The van der Waals surface area contributed by atoms with Crippen LogP contribution in [0.2, 0.25) is 0 Å². The Morgan fingerprint density at radius 1 is 0.333 bits per heavy atom. The van der Waals surface area contributed by atoms with Gasteiger partial charge in [-0.25, -0.2) is 0 Å². The Bertz CT molecular complexity index is 3050. The lowest BCUT2D eigenvalue weighted by Gasteiger charge is -2.46. The maximum atomic E-state index is 2.58. The van der Waals surface area contributed by atoms with Crippen molar-refractivity contribution >= 4 is 57.2 Å². The van der Waals surface area contributed by atoms with Crippen molar-refractivity contribution in [2.45, 2.75) is 59.3 Å². The van der Waals surface area contributed by atoms with Crippen LogP contribution in [0.25, 0.3) is 44.5 Å². The van der Waals surface area contributed by atoms with E-state index in [0.29, 0.717) is 0 Å². The van der Waals surface area contributed by atoms with Crippen LogP contribution in [0.4, 0.5) is 34.1 Å². The molecule has 11 rings (SSSR count). The van der Waals surface area contributed by atoms with Gasteiger partial charge >= 0.3 is 0 Å². The number of hydrogen-bond donors (Lipinski definition) is 0. The van der Waals surface area contributed by atoms with Gasteiger partial charge in [0.1, 0.15) is 0 Å². The highest BCUT2D eigenvalue weighted by atomic mass is 15.2. The number of nitrogens with zero attached hydrogens (tertiary/aromatic N) is 2. The minimum absolute atomic E-state index is 0.0421. The standard InChI is InChI=1S/C63H55BN2/c1-42-34-59-61-60(35-42)66(50-33-21-31-48(37-50)44-24-14-9-15-25-44)58-39-52(46-28-18-11-19-29-46)54(63(5,6)7)41-56(58)64(61)55-40-53(62(2,3)4)51(45-26-16-10-17-27-45)38-57(55)65(59)49-32-20-30-47(36-49)43-22-12-8-13-23-43/h8-41H,1-7H3. The van der Waals surface area contributed by atoms with Crippen molar-refractivity contribution in [2.75, 3.05) is 9.80 Å². The van der Waals surface area contributed by atoms with Crippen molar-refractivity contribution in [3.05, 3.63) is 223 Å². The molecule has 9 aromatic carbocycles. The highest BCUT2D eigenvalue weighted by Gasteiger charge is 2.45. The molecule has 9 aromatic rings. The molecule has 2 aliphatic rings. The number of hydrogen-bond acceptors (Lipinski definition) is 2. The molecule has 0 atom stereocenters. The zero-order valence-electron chi connectivity index (χ0n) is 39.1. The molecule has 0 amide bonds. The van der Waals surface area contributed by atoms with Gasteiger partial charge in [0, 0.05) is 34.1 Å². The molecule has 0 unspecified atom stereocenters. The Morgan fingerprint density at radius 2 is 0.682 bits per heavy atom. The lowest BCUT2D eigenvalue weighted by molar-refractivity contribution is 0.592. The average molecular weight is 851 g/mol. The third-order valence-corrected chi connectivity index (χ3v) is 13.7. The number of aryl methyl sites for hydroxylation is 1. The molecule has 0 fully saturated rings. The molecule has 0 saturated carbocycles. The van der Waals surface area contributed by atoms with Gasteiger partial charge in [-0.2, -0.15) is 0 Å². The highest BCUT2D eigenvalue weighted by molar-refractivity contribution is 7.00. The van der Waals surface area contributed by atoms with E-state index in [-0.39, 0.29) is 17.5 Å². The summed E-state index contributed by atoms with van der Waals surface area (Å²) in [7, 11) is 0. The van der Waals surface area contributed by atoms with Crippen molar-refractivity contribution in [2.24, 2.45) is 0 Å². The SMILES string of the molecule is Cc1cc2c3c(c1)N(c1cccc(-c4ccccc4)c1)c1cc(-c4ccccc4)c(C(C)(C)C)cc1B3c1cc(C(C)(C)C)c(-c3ccccc3)cc1N2c1cccc(-c2ccccc2)c1. The predicted molar refractivity (Wildman–Crippen MR) is 284 cm³/mol. The topological polar surface area (TPSA) is 6.48 Å². The van der Waals surface area contributed by atoms with E-state index in [1.54, 1.807) is 0 Å². The summed E-state index contributed by atoms with van der Waals surface area (Å²) >= 11 is 0. The Balaban J connectivity index is 1.27. The lowest BCUT2D eigenvalue weighted by atomic mass is 9.33. The summed E-state index contributed by atoms with van der Waals surface area (Å²) in [4.78, 5) is 5.16. The molecule has 2 aliphatic heterocycles. The van der Waals surface area contributed by atoms with Crippen LogP contribution in [-0.4, -0.2) is 6.71 Å². The van der Waals surface area contributed by atoms with E-state index in [2.05, 4.69) is 265 Å². The minimum atomic E-state index is -0.135. The Hall–Kier alpha value is -7.36. The summed E-state index contributed by atoms with van der Waals surface area (Å²) in [5, 5.41) is 0. The van der Waals surface area contributed by atoms with Crippen LogP contribution in [0.3, 0.4) is 0 Å². The maximum Gasteiger partial charge on any atom is 0.252 e. The molecule has 0 saturated heterocycles. The molecule has 0 aliphatic carbocycles. The minimum Gasteiger partial charge on any atom is -0.311 e. The molecule has 320 valence electrons. The first-order valence-corrected chi connectivity index (χ1v) is 23.5. The zero-order valence-corrected chi connectivity index (χ0v) is 39.1. The molecule has 0 aromatic heterocycles. The number of anilines is 6. The molecule has 0 N–H and O–H groups in total. The largest absolute Gasteiger partial charge is 0.311 e. The van der Waals surface area contributed by atoms with Gasteiger partial charge in [-0.15, -0.1) is 0 Å². The van der Waals surface area contributed by atoms with Gasteiger partial charge in [0.2, 0.25) is 0 Å². The summed E-state index contributed by atoms with van der Waals surface area (Å²) in [5.41, 5.74) is 24.6. The Morgan fingerprint density at radius 3 is 1.05 bits per heavy atom. The van der Waals surface area contributed by atoms with Crippen molar-refractivity contribution in [1.29, 1.82) is 0 Å². The summed E-state index contributed by atoms with van der Waals surface area (Å²) in [6.07, 6.45) is 0. The van der Waals surface area contributed by atoms with Gasteiger partial charge in [0.15, 0.2) is 0 Å². The third-order valence-electron chi connectivity index (χ3n) is 13.7. The van der Waals surface area contributed by atoms with E-state index in [4.69, 9.17) is 0 Å². The van der Waals surface area contributed by atoms with Gasteiger partial charge in [0.05, 0.1) is 0 Å². The second-order valence-electron chi connectivity index (χ2n) is 20.3. The van der Waals surface area contributed by atoms with Crippen LogP contribution in [0.1, 0.15) is 58.2 Å². The number of rotatable bonds is 6. The van der Waals surface area contributed by atoms with Gasteiger partial charge in [-0.3, -0.25) is 0 Å². The van der Waals surface area contributed by atoms with Gasteiger partial charge < -0.3 is 9.80 Å². The van der Waals surface area contributed by atoms with Crippen LogP contribution in [0.15, 0.2) is 206 Å². The molecule has 0 spiro atoms. The van der Waals surface area contributed by atoms with Crippen molar-refractivity contribution in [3.8, 4) is 44.5 Å². The summed E-state index contributed by atoms with van der Waals surface area (Å²) in [6, 6.07) is 77.0. The van der Waals surface area contributed by atoms with Crippen LogP contribution >= 0.6 is 0 Å². The quantitative estimate of drug-likeness (QED) is 0.154. The molecule has 2 heterocycles. The van der Waals surface area contributed by atoms with Crippen molar-refractivity contribution in [3.63, 3.8) is 0 Å². The fraction of sp³-hybridized carbons (Fsp3) is 0.143. The van der Waals surface area contributed by atoms with Crippen LogP contribution in [0.5, 0.6) is 0 Å². The van der Waals surface area contributed by atoms with E-state index in [0.717, 1.165) is 11.4 Å². The normalized spacial score (nSPS) is 13.0. The summed E-state index contributed by atoms with van der Waals surface area (Å²) < 4.78 is 0. The number of benzene rings is 9. The third kappa shape index (κ3) is 7.15. The maximum absolute atomic E-state index is 2.58. The Kier molecular flexibility index (Phi) is 10.0. The van der Waals surface area contributed by atoms with E-state index >= 15 is 0 Å². The van der Waals surface area contributed by atoms with E-state index in [1.807, 2.05) is 0 Å². The van der Waals surface area contributed by atoms with Gasteiger partial charge in [-0.1, -0.05) is 199 Å². The monoisotopic (exact) mass is 850 g/mol. The first kappa shape index (κ1) is 41.4. The molecule has 0 bridgehead atoms. The molecular weight excluding hydrogens is 796 g/mol. The molecule has 3 heteroatoms. The molecule has 0 radical (unpaired) electrons. The number of fused-ring (bicyclic) bond motifs is 4. The first-order valence-electron chi connectivity index (χ1n) is 23.5. The fourth-order valence-corrected chi connectivity index (χ4v) is 10.6. The molecule has 66 heavy (non-hydrogen) atoms. The zero-order chi connectivity index (χ0) is 45.3. The highest BCUT2D eigenvalue weighted by Crippen LogP contribution is 2.49. The second kappa shape index (κ2) is 16.0. The van der Waals surface area contributed by atoms with Crippen LogP contribution in [-0.2, 0) is 10.8 Å². The first-order chi connectivity index (χ1) is 31.9. The van der Waals surface area contributed by atoms with Gasteiger partial charge in [0.25, 0.3) is 6.71 Å². The van der Waals surface area contributed by atoms with Crippen LogP contribution in [0, 0.1) is 6.92 Å². The van der Waals surface area contributed by atoms with E-state index in [9.17, 15) is 0 Å². The Labute approximate surface area is 392 Å². The van der Waals surface area contributed by atoms with Crippen molar-refractivity contribution < 1.29 is 0 Å². The summed E-state index contributed by atoms with van der Waals surface area (Å²) in [5.74, 6) is 0. The average Bonchev–Trinajstić information content (AvgIpc) is 3.33. The second-order valence-corrected chi connectivity index (χ2v) is 20.3. The molecule has 2 nitrogen and oxygen atoms in total. The molecular formula is C63H55BN2. The lowest BCUT2D eigenvalue weighted by Crippen LogP contribution is -2.61. The fourth-order valence-electron chi connectivity index (χ4n) is 10.6. The van der Waals surface area contributed by atoms with Crippen molar-refractivity contribution in [1.82, 2.24) is 0 Å². The predicted octanol–water partition coefficient (Wildman–Crippen LogP) is 15.3.